The number of esters is 1. The summed E-state index contributed by atoms with van der Waals surface area (Å²) >= 11 is 0. The molecule has 0 atom stereocenters. The van der Waals surface area contributed by atoms with Crippen LogP contribution in [0.25, 0.3) is 11.1 Å². The molecule has 4 aromatic rings. The molecule has 0 unspecified atom stereocenters. The number of halogens is 6. The van der Waals surface area contributed by atoms with Crippen molar-refractivity contribution in [3.8, 4) is 22.6 Å². The predicted molar refractivity (Wildman–Crippen MR) is 135 cm³/mol. The van der Waals surface area contributed by atoms with E-state index < -0.39 is 40.9 Å². The van der Waals surface area contributed by atoms with Gasteiger partial charge in [0.25, 0.3) is 0 Å². The van der Waals surface area contributed by atoms with Crippen LogP contribution in [-0.4, -0.2) is 13.1 Å². The molecule has 0 aromatic heterocycles. The third-order valence-electron chi connectivity index (χ3n) is 6.01. The lowest BCUT2D eigenvalue weighted by Gasteiger charge is -2.19. The first-order chi connectivity index (χ1) is 19.0. The molecule has 4 nitrogen and oxygen atoms in total. The molecule has 0 fully saturated rings. The Bertz CT molecular complexity index is 1490. The minimum Gasteiger partial charge on any atom is -0.488 e. The molecule has 0 saturated heterocycles. The van der Waals surface area contributed by atoms with Crippen LogP contribution in [0, 0.1) is 0 Å². The highest BCUT2D eigenvalue weighted by atomic mass is 19.4. The highest BCUT2D eigenvalue weighted by molar-refractivity contribution is 5.91. The Morgan fingerprint density at radius 2 is 1.23 bits per heavy atom. The molecule has 0 aliphatic carbocycles. The Hall–Kier alpha value is -4.47. The van der Waals surface area contributed by atoms with E-state index in [-0.39, 0.29) is 18.8 Å². The van der Waals surface area contributed by atoms with Gasteiger partial charge in [-0.15, -0.1) is 0 Å². The largest absolute Gasteiger partial charge is 0.488 e. The summed E-state index contributed by atoms with van der Waals surface area (Å²) in [7, 11) is 1.23. The first-order valence-corrected chi connectivity index (χ1v) is 11.9. The van der Waals surface area contributed by atoms with E-state index in [9.17, 15) is 31.1 Å². The summed E-state index contributed by atoms with van der Waals surface area (Å²) in [5, 5.41) is 0. The normalized spacial score (nSPS) is 11.7. The standard InChI is InChI=1S/C30H22F6O4/c1-38-28(37)20-9-6-8-19(16-20)22-11-7-10-21(17-39-26-14-4-2-12-24(26)29(31,32)33)23(22)18-40-27-15-5-3-13-25(27)30(34,35)36/h2-16H,17-18H2,1H3. The van der Waals surface area contributed by atoms with Crippen LogP contribution in [0.2, 0.25) is 0 Å². The van der Waals surface area contributed by atoms with Gasteiger partial charge in [-0.05, 0) is 53.1 Å². The summed E-state index contributed by atoms with van der Waals surface area (Å²) in [5.41, 5.74) is 0.0398. The van der Waals surface area contributed by atoms with Crippen molar-refractivity contribution in [3.63, 3.8) is 0 Å². The molecule has 0 heterocycles. The van der Waals surface area contributed by atoms with E-state index in [0.717, 1.165) is 12.1 Å². The van der Waals surface area contributed by atoms with Gasteiger partial charge in [-0.2, -0.15) is 26.3 Å². The topological polar surface area (TPSA) is 44.8 Å². The Balaban J connectivity index is 1.75. The molecule has 0 aliphatic rings. The van der Waals surface area contributed by atoms with Crippen LogP contribution in [0.3, 0.4) is 0 Å². The second-order valence-corrected chi connectivity index (χ2v) is 8.58. The van der Waals surface area contributed by atoms with Crippen molar-refractivity contribution in [2.75, 3.05) is 7.11 Å². The molecule has 40 heavy (non-hydrogen) atoms. The fourth-order valence-electron chi connectivity index (χ4n) is 4.10. The number of methoxy groups -OCH3 is 1. The van der Waals surface area contributed by atoms with Crippen LogP contribution >= 0.6 is 0 Å². The Morgan fingerprint density at radius 1 is 0.675 bits per heavy atom. The highest BCUT2D eigenvalue weighted by Crippen LogP contribution is 2.38. The molecular formula is C30H22F6O4. The second-order valence-electron chi connectivity index (χ2n) is 8.58. The van der Waals surface area contributed by atoms with Crippen LogP contribution in [0.1, 0.15) is 32.6 Å². The zero-order valence-corrected chi connectivity index (χ0v) is 21.0. The number of hydrogen-bond acceptors (Lipinski definition) is 4. The number of hydrogen-bond donors (Lipinski definition) is 0. The van der Waals surface area contributed by atoms with Gasteiger partial charge in [0, 0.05) is 5.56 Å². The average Bonchev–Trinajstić information content (AvgIpc) is 2.94. The lowest BCUT2D eigenvalue weighted by Crippen LogP contribution is -2.12. The van der Waals surface area contributed by atoms with Crippen molar-refractivity contribution in [1.82, 2.24) is 0 Å². The molecular weight excluding hydrogens is 538 g/mol. The summed E-state index contributed by atoms with van der Waals surface area (Å²) in [4.78, 5) is 12.1. The van der Waals surface area contributed by atoms with Crippen LogP contribution in [0.5, 0.6) is 11.5 Å². The fourth-order valence-corrected chi connectivity index (χ4v) is 4.10. The number of para-hydroxylation sites is 2. The van der Waals surface area contributed by atoms with E-state index in [1.165, 1.54) is 55.6 Å². The number of carbonyl (C=O) groups excluding carboxylic acids is 1. The van der Waals surface area contributed by atoms with Gasteiger partial charge in [-0.1, -0.05) is 54.6 Å². The summed E-state index contributed by atoms with van der Waals surface area (Å²) in [5.74, 6) is -1.41. The number of ether oxygens (including phenoxy) is 3. The second kappa shape index (κ2) is 11.7. The molecule has 0 N–H and O–H groups in total. The third-order valence-corrected chi connectivity index (χ3v) is 6.01. The van der Waals surface area contributed by atoms with Crippen molar-refractivity contribution < 1.29 is 45.3 Å². The molecule has 4 aromatic carbocycles. The van der Waals surface area contributed by atoms with E-state index >= 15 is 0 Å². The highest BCUT2D eigenvalue weighted by Gasteiger charge is 2.35. The van der Waals surface area contributed by atoms with Crippen molar-refractivity contribution in [3.05, 3.63) is 119 Å². The van der Waals surface area contributed by atoms with Crippen molar-refractivity contribution in [2.24, 2.45) is 0 Å². The van der Waals surface area contributed by atoms with Crippen molar-refractivity contribution in [2.45, 2.75) is 25.6 Å². The van der Waals surface area contributed by atoms with E-state index in [1.807, 2.05) is 0 Å². The van der Waals surface area contributed by atoms with Crippen LogP contribution < -0.4 is 9.47 Å². The molecule has 10 heteroatoms. The Morgan fingerprint density at radius 3 is 1.80 bits per heavy atom. The number of benzene rings is 4. The molecule has 0 saturated carbocycles. The number of alkyl halides is 6. The molecule has 4 rings (SSSR count). The van der Waals surface area contributed by atoms with Crippen molar-refractivity contribution in [1.29, 1.82) is 0 Å². The maximum Gasteiger partial charge on any atom is 0.419 e. The van der Waals surface area contributed by atoms with Crippen LogP contribution in [-0.2, 0) is 30.3 Å². The van der Waals surface area contributed by atoms with E-state index in [2.05, 4.69) is 0 Å². The average molecular weight is 560 g/mol. The zero-order chi connectivity index (χ0) is 28.9. The van der Waals surface area contributed by atoms with Gasteiger partial charge in [0.15, 0.2) is 0 Å². The summed E-state index contributed by atoms with van der Waals surface area (Å²) in [6, 6.07) is 20.6. The van der Waals surface area contributed by atoms with Gasteiger partial charge < -0.3 is 14.2 Å². The van der Waals surface area contributed by atoms with Gasteiger partial charge in [-0.25, -0.2) is 4.79 Å². The van der Waals surface area contributed by atoms with Gasteiger partial charge in [0.2, 0.25) is 0 Å². The summed E-state index contributed by atoms with van der Waals surface area (Å²) in [6.07, 6.45) is -9.32. The fraction of sp³-hybridized carbons (Fsp3) is 0.167. The third kappa shape index (κ3) is 6.56. The molecule has 0 amide bonds. The van der Waals surface area contributed by atoms with Gasteiger partial charge in [-0.3, -0.25) is 0 Å². The monoisotopic (exact) mass is 560 g/mol. The van der Waals surface area contributed by atoms with Crippen LogP contribution in [0.15, 0.2) is 91.0 Å². The van der Waals surface area contributed by atoms with Crippen LogP contribution in [0.4, 0.5) is 26.3 Å². The summed E-state index contributed by atoms with van der Waals surface area (Å²) in [6.45, 7) is -0.706. The van der Waals surface area contributed by atoms with Gasteiger partial charge >= 0.3 is 18.3 Å². The predicted octanol–water partition coefficient (Wildman–Crippen LogP) is 8.34. The molecule has 0 radical (unpaired) electrons. The Labute approximate surface area is 225 Å². The lowest BCUT2D eigenvalue weighted by molar-refractivity contribution is -0.140. The Kier molecular flexibility index (Phi) is 8.37. The lowest BCUT2D eigenvalue weighted by atomic mass is 9.95. The van der Waals surface area contributed by atoms with Gasteiger partial charge in [0.05, 0.1) is 23.8 Å². The van der Waals surface area contributed by atoms with E-state index in [4.69, 9.17) is 14.2 Å². The first-order valence-electron chi connectivity index (χ1n) is 11.9. The minimum absolute atomic E-state index is 0.232. The van der Waals surface area contributed by atoms with Crippen molar-refractivity contribution >= 4 is 5.97 Å². The molecule has 0 aliphatic heterocycles. The molecule has 208 valence electrons. The minimum atomic E-state index is -4.67. The smallest absolute Gasteiger partial charge is 0.419 e. The SMILES string of the molecule is COC(=O)c1cccc(-c2cccc(COc3ccccc3C(F)(F)F)c2COc2ccccc2C(F)(F)F)c1. The maximum absolute atomic E-state index is 13.6. The van der Waals surface area contributed by atoms with E-state index in [0.29, 0.717) is 22.3 Å². The maximum atomic E-state index is 13.6. The summed E-state index contributed by atoms with van der Waals surface area (Å²) < 4.78 is 97.1. The van der Waals surface area contributed by atoms with Gasteiger partial charge in [0.1, 0.15) is 24.7 Å². The number of carbonyl (C=O) groups is 1. The first kappa shape index (κ1) is 28.5. The zero-order valence-electron chi connectivity index (χ0n) is 21.0. The quantitative estimate of drug-likeness (QED) is 0.161. The number of rotatable bonds is 8. The van der Waals surface area contributed by atoms with E-state index in [1.54, 1.807) is 30.3 Å². The molecule has 0 bridgehead atoms. The molecule has 0 spiro atoms.